The van der Waals surface area contributed by atoms with Crippen molar-refractivity contribution in [1.82, 2.24) is 20.1 Å². The Labute approximate surface area is 204 Å². The summed E-state index contributed by atoms with van der Waals surface area (Å²) in [4.78, 5) is 3.88. The highest BCUT2D eigenvalue weighted by Gasteiger charge is 2.33. The molecular weight excluding hydrogens is 434 g/mol. The summed E-state index contributed by atoms with van der Waals surface area (Å²) < 4.78 is 29.2. The molecule has 192 valence electrons. The summed E-state index contributed by atoms with van der Waals surface area (Å²) in [5.74, 6) is -1.43. The van der Waals surface area contributed by atoms with Crippen LogP contribution in [0.1, 0.15) is 102 Å². The Kier molecular flexibility index (Phi) is 14.0. The van der Waals surface area contributed by atoms with Crippen molar-refractivity contribution in [2.75, 3.05) is 13.1 Å². The summed E-state index contributed by atoms with van der Waals surface area (Å²) in [7, 11) is 0. The average Bonchev–Trinajstić information content (AvgIpc) is 3.31. The first-order valence-electron chi connectivity index (χ1n) is 13.3. The van der Waals surface area contributed by atoms with Gasteiger partial charge >= 0.3 is 0 Å². The Morgan fingerprint density at radius 3 is 2.00 bits per heavy atom. The van der Waals surface area contributed by atoms with E-state index in [0.717, 1.165) is 25.5 Å². The second kappa shape index (κ2) is 16.7. The van der Waals surface area contributed by atoms with Crippen molar-refractivity contribution >= 4 is 0 Å². The molecule has 2 N–H and O–H groups in total. The van der Waals surface area contributed by atoms with Gasteiger partial charge in [-0.15, -0.1) is 0 Å². The first-order chi connectivity index (χ1) is 16.5. The number of nitrogens with one attached hydrogen (secondary N) is 1. The van der Waals surface area contributed by atoms with Gasteiger partial charge in [-0.05, 0) is 19.0 Å². The maximum absolute atomic E-state index is 14.4. The normalized spacial score (nSPS) is 13.3. The molecule has 0 aliphatic carbocycles. The molecule has 0 radical (unpaired) electrons. The molecule has 0 bridgehead atoms. The van der Waals surface area contributed by atoms with E-state index in [9.17, 15) is 13.9 Å². The van der Waals surface area contributed by atoms with Crippen LogP contribution in [0, 0.1) is 11.6 Å². The Hall–Kier alpha value is -1.86. The predicted molar refractivity (Wildman–Crippen MR) is 133 cm³/mol. The number of rotatable bonds is 20. The summed E-state index contributed by atoms with van der Waals surface area (Å²) in [6.45, 7) is 3.17. The van der Waals surface area contributed by atoms with Crippen molar-refractivity contribution in [2.45, 2.75) is 109 Å². The molecule has 1 unspecified atom stereocenters. The number of halogens is 2. The van der Waals surface area contributed by atoms with Crippen LogP contribution in [-0.2, 0) is 12.1 Å². The van der Waals surface area contributed by atoms with Gasteiger partial charge < -0.3 is 10.4 Å². The highest BCUT2D eigenvalue weighted by atomic mass is 19.1. The fourth-order valence-corrected chi connectivity index (χ4v) is 4.43. The Bertz CT molecular complexity index is 772. The van der Waals surface area contributed by atoms with Crippen LogP contribution in [0.15, 0.2) is 30.9 Å². The smallest absolute Gasteiger partial charge is 0.137 e. The zero-order valence-corrected chi connectivity index (χ0v) is 21.0. The minimum absolute atomic E-state index is 0.0291. The van der Waals surface area contributed by atoms with Gasteiger partial charge in [0.15, 0.2) is 0 Å². The van der Waals surface area contributed by atoms with Crippen LogP contribution in [0.2, 0.25) is 0 Å². The van der Waals surface area contributed by atoms with Crippen LogP contribution in [0.4, 0.5) is 8.78 Å². The molecule has 5 nitrogen and oxygen atoms in total. The third-order valence-electron chi connectivity index (χ3n) is 6.45. The van der Waals surface area contributed by atoms with E-state index < -0.39 is 17.2 Å². The van der Waals surface area contributed by atoms with E-state index in [1.807, 2.05) is 0 Å². The van der Waals surface area contributed by atoms with Gasteiger partial charge in [-0.25, -0.2) is 18.4 Å². The van der Waals surface area contributed by atoms with Crippen LogP contribution in [0.3, 0.4) is 0 Å². The third kappa shape index (κ3) is 11.0. The third-order valence-corrected chi connectivity index (χ3v) is 6.45. The number of benzene rings is 1. The van der Waals surface area contributed by atoms with E-state index in [4.69, 9.17) is 0 Å². The van der Waals surface area contributed by atoms with Gasteiger partial charge in [-0.2, -0.15) is 5.10 Å². The maximum Gasteiger partial charge on any atom is 0.137 e. The molecular formula is C27H44F2N4O. The number of hydrogen-bond acceptors (Lipinski definition) is 4. The average molecular weight is 479 g/mol. The Morgan fingerprint density at radius 1 is 0.882 bits per heavy atom. The zero-order chi connectivity index (χ0) is 24.5. The minimum Gasteiger partial charge on any atom is -0.382 e. The molecule has 2 aromatic rings. The second-order valence-electron chi connectivity index (χ2n) is 9.52. The molecule has 0 saturated carbocycles. The molecule has 1 aromatic carbocycles. The van der Waals surface area contributed by atoms with E-state index in [1.54, 1.807) is 0 Å². The zero-order valence-electron chi connectivity index (χ0n) is 21.0. The van der Waals surface area contributed by atoms with Crippen molar-refractivity contribution < 1.29 is 13.9 Å². The first-order valence-corrected chi connectivity index (χ1v) is 13.3. The molecule has 1 heterocycles. The molecule has 0 aliphatic heterocycles. The van der Waals surface area contributed by atoms with Crippen molar-refractivity contribution in [3.63, 3.8) is 0 Å². The predicted octanol–water partition coefficient (Wildman–Crippen LogP) is 6.52. The molecule has 1 atom stereocenters. The quantitative estimate of drug-likeness (QED) is 0.213. The topological polar surface area (TPSA) is 63.0 Å². The van der Waals surface area contributed by atoms with Crippen LogP contribution >= 0.6 is 0 Å². The summed E-state index contributed by atoms with van der Waals surface area (Å²) in [5.41, 5.74) is -1.50. The van der Waals surface area contributed by atoms with E-state index in [1.165, 1.54) is 107 Å². The fourth-order valence-electron chi connectivity index (χ4n) is 4.43. The number of hydrogen-bond donors (Lipinski definition) is 2. The molecule has 7 heteroatoms. The van der Waals surface area contributed by atoms with Crippen molar-refractivity contribution in [3.8, 4) is 0 Å². The molecule has 0 amide bonds. The van der Waals surface area contributed by atoms with E-state index >= 15 is 0 Å². The van der Waals surface area contributed by atoms with Gasteiger partial charge in [0.05, 0.1) is 6.54 Å². The molecule has 34 heavy (non-hydrogen) atoms. The summed E-state index contributed by atoms with van der Waals surface area (Å²) >= 11 is 0. The first kappa shape index (κ1) is 28.4. The summed E-state index contributed by atoms with van der Waals surface area (Å²) in [6, 6.07) is 3.27. The fraction of sp³-hybridized carbons (Fsp3) is 0.704. The van der Waals surface area contributed by atoms with Crippen LogP contribution < -0.4 is 5.32 Å². The van der Waals surface area contributed by atoms with Gasteiger partial charge in [-0.3, -0.25) is 0 Å². The molecule has 0 spiro atoms. The number of aliphatic hydroxyl groups is 1. The number of unbranched alkanes of at least 4 members (excludes halogenated alkanes) is 13. The molecule has 1 aromatic heterocycles. The SMILES string of the molecule is CCCCCCCCCCCCCCCCNCC(O)(Cn1cncn1)c1ccc(F)cc1F. The highest BCUT2D eigenvalue weighted by Crippen LogP contribution is 2.26. The lowest BCUT2D eigenvalue weighted by Gasteiger charge is -2.29. The van der Waals surface area contributed by atoms with Gasteiger partial charge in [0, 0.05) is 18.2 Å². The van der Waals surface area contributed by atoms with Crippen molar-refractivity contribution in [2.24, 2.45) is 0 Å². The van der Waals surface area contributed by atoms with E-state index in [-0.39, 0.29) is 18.7 Å². The van der Waals surface area contributed by atoms with E-state index in [0.29, 0.717) is 0 Å². The Morgan fingerprint density at radius 2 is 1.47 bits per heavy atom. The lowest BCUT2D eigenvalue weighted by Crippen LogP contribution is -2.43. The second-order valence-corrected chi connectivity index (χ2v) is 9.52. The number of nitrogens with zero attached hydrogens (tertiary/aromatic N) is 3. The Balaban J connectivity index is 1.58. The van der Waals surface area contributed by atoms with Crippen molar-refractivity contribution in [1.29, 1.82) is 0 Å². The van der Waals surface area contributed by atoms with Gasteiger partial charge in [-0.1, -0.05) is 96.5 Å². The van der Waals surface area contributed by atoms with Crippen LogP contribution in [0.25, 0.3) is 0 Å². The molecule has 2 rings (SSSR count). The standard InChI is InChI=1S/C27H44F2N4O/c1-2-3-4-5-6-7-8-9-10-11-12-13-14-15-18-30-20-27(34,21-33-23-31-22-32-33)25-17-16-24(28)19-26(25)29/h16-17,19,22-23,30,34H,2-15,18,20-21H2,1H3. The van der Waals surface area contributed by atoms with Crippen LogP contribution in [0.5, 0.6) is 0 Å². The van der Waals surface area contributed by atoms with Crippen molar-refractivity contribution in [3.05, 3.63) is 48.1 Å². The molecule has 0 saturated heterocycles. The van der Waals surface area contributed by atoms with Gasteiger partial charge in [0.1, 0.15) is 29.9 Å². The van der Waals surface area contributed by atoms with E-state index in [2.05, 4.69) is 22.3 Å². The maximum atomic E-state index is 14.4. The van der Waals surface area contributed by atoms with Gasteiger partial charge in [0.25, 0.3) is 0 Å². The summed E-state index contributed by atoms with van der Waals surface area (Å²) in [5, 5.41) is 18.5. The molecule has 0 aliphatic rings. The highest BCUT2D eigenvalue weighted by molar-refractivity contribution is 5.25. The minimum atomic E-state index is -1.55. The van der Waals surface area contributed by atoms with Gasteiger partial charge in [0.2, 0.25) is 0 Å². The number of aromatic nitrogens is 3. The lowest BCUT2D eigenvalue weighted by atomic mass is 9.92. The lowest BCUT2D eigenvalue weighted by molar-refractivity contribution is 0.0121. The van der Waals surface area contributed by atoms with Crippen LogP contribution in [-0.4, -0.2) is 33.0 Å². The largest absolute Gasteiger partial charge is 0.382 e. The summed E-state index contributed by atoms with van der Waals surface area (Å²) in [6.07, 6.45) is 21.1. The monoisotopic (exact) mass is 478 g/mol. The molecule has 0 fully saturated rings.